The third kappa shape index (κ3) is 2.13. The highest BCUT2D eigenvalue weighted by Gasteiger charge is 2.10. The highest BCUT2D eigenvalue weighted by atomic mass is 16.5. The zero-order chi connectivity index (χ0) is 12.4. The van der Waals surface area contributed by atoms with Crippen LogP contribution in [0, 0.1) is 6.92 Å². The van der Waals surface area contributed by atoms with Crippen LogP contribution in [0.5, 0.6) is 11.5 Å². The van der Waals surface area contributed by atoms with Crippen LogP contribution < -0.4 is 10.5 Å². The van der Waals surface area contributed by atoms with Crippen LogP contribution in [0.1, 0.15) is 5.69 Å². The Morgan fingerprint density at radius 3 is 2.71 bits per heavy atom. The first-order valence-electron chi connectivity index (χ1n) is 5.07. The van der Waals surface area contributed by atoms with Crippen molar-refractivity contribution in [1.82, 2.24) is 9.97 Å². The van der Waals surface area contributed by atoms with Gasteiger partial charge in [-0.1, -0.05) is 0 Å². The maximum absolute atomic E-state index is 9.39. The van der Waals surface area contributed by atoms with Gasteiger partial charge in [-0.15, -0.1) is 0 Å². The van der Waals surface area contributed by atoms with Gasteiger partial charge in [-0.2, -0.15) is 0 Å². The minimum absolute atomic E-state index is 0.0847. The number of pyridine rings is 2. The molecule has 5 nitrogen and oxygen atoms in total. The maximum atomic E-state index is 9.39. The van der Waals surface area contributed by atoms with E-state index in [0.717, 1.165) is 5.69 Å². The molecule has 0 saturated heterocycles. The van der Waals surface area contributed by atoms with Gasteiger partial charge in [0.25, 0.3) is 0 Å². The van der Waals surface area contributed by atoms with E-state index >= 15 is 0 Å². The summed E-state index contributed by atoms with van der Waals surface area (Å²) in [5, 5.41) is 9.39. The van der Waals surface area contributed by atoms with E-state index in [0.29, 0.717) is 22.7 Å². The predicted molar refractivity (Wildman–Crippen MR) is 64.8 cm³/mol. The minimum atomic E-state index is 0.0847. The molecule has 17 heavy (non-hydrogen) atoms. The summed E-state index contributed by atoms with van der Waals surface area (Å²) < 4.78 is 5.19. The summed E-state index contributed by atoms with van der Waals surface area (Å²) in [6.07, 6.45) is 2.97. The number of methoxy groups -OCH3 is 1. The number of nitrogens with two attached hydrogens (primary N) is 1. The van der Waals surface area contributed by atoms with Crippen LogP contribution in [0.2, 0.25) is 0 Å². The molecule has 0 aliphatic rings. The Morgan fingerprint density at radius 2 is 2.06 bits per heavy atom. The molecule has 0 amide bonds. The molecule has 2 aromatic rings. The number of aryl methyl sites for hydroxylation is 1. The number of ether oxygens (including phenoxy) is 1. The van der Waals surface area contributed by atoms with Gasteiger partial charge in [-0.05, 0) is 19.1 Å². The standard InChI is InChI=1S/C12H13N3O2/c1-7-11(17-2)4-10(12(13)15-7)8-3-9(16)6-14-5-8/h3-6,16H,1-2H3,(H2,13,15). The van der Waals surface area contributed by atoms with E-state index in [1.807, 2.05) is 6.92 Å². The Labute approximate surface area is 98.9 Å². The Hall–Kier alpha value is -2.30. The first-order chi connectivity index (χ1) is 8.11. The number of aromatic nitrogens is 2. The third-order valence-electron chi connectivity index (χ3n) is 2.45. The summed E-state index contributed by atoms with van der Waals surface area (Å²) in [5.74, 6) is 1.12. The van der Waals surface area contributed by atoms with Crippen molar-refractivity contribution in [2.24, 2.45) is 0 Å². The predicted octanol–water partition coefficient (Wildman–Crippen LogP) is 1.75. The number of anilines is 1. The molecule has 0 aromatic carbocycles. The van der Waals surface area contributed by atoms with Crippen molar-refractivity contribution < 1.29 is 9.84 Å². The van der Waals surface area contributed by atoms with E-state index in [1.54, 1.807) is 25.4 Å². The normalized spacial score (nSPS) is 10.2. The van der Waals surface area contributed by atoms with Crippen LogP contribution in [-0.4, -0.2) is 22.2 Å². The number of nitrogen functional groups attached to an aromatic ring is 1. The lowest BCUT2D eigenvalue weighted by atomic mass is 10.1. The molecule has 0 aliphatic heterocycles. The Bertz CT molecular complexity index is 555. The van der Waals surface area contributed by atoms with Crippen molar-refractivity contribution in [3.8, 4) is 22.6 Å². The van der Waals surface area contributed by atoms with Gasteiger partial charge in [0.1, 0.15) is 17.3 Å². The topological polar surface area (TPSA) is 81.3 Å². The molecule has 5 heteroatoms. The lowest BCUT2D eigenvalue weighted by Gasteiger charge is -2.10. The number of hydrogen-bond donors (Lipinski definition) is 2. The first-order valence-corrected chi connectivity index (χ1v) is 5.07. The third-order valence-corrected chi connectivity index (χ3v) is 2.45. The largest absolute Gasteiger partial charge is 0.506 e. The fourth-order valence-electron chi connectivity index (χ4n) is 1.62. The molecule has 2 heterocycles. The smallest absolute Gasteiger partial charge is 0.140 e. The quantitative estimate of drug-likeness (QED) is 0.822. The van der Waals surface area contributed by atoms with Crippen LogP contribution in [0.25, 0.3) is 11.1 Å². The highest BCUT2D eigenvalue weighted by molar-refractivity contribution is 5.75. The van der Waals surface area contributed by atoms with Crippen molar-refractivity contribution >= 4 is 5.82 Å². The highest BCUT2D eigenvalue weighted by Crippen LogP contribution is 2.30. The van der Waals surface area contributed by atoms with Gasteiger partial charge >= 0.3 is 0 Å². The van der Waals surface area contributed by atoms with Crippen LogP contribution in [0.4, 0.5) is 5.82 Å². The molecular weight excluding hydrogens is 218 g/mol. The molecule has 0 radical (unpaired) electrons. The van der Waals surface area contributed by atoms with Crippen molar-refractivity contribution in [2.75, 3.05) is 12.8 Å². The Balaban J connectivity index is 2.59. The molecule has 3 N–H and O–H groups in total. The molecule has 0 fully saturated rings. The molecule has 0 bridgehead atoms. The average molecular weight is 231 g/mol. The second-order valence-corrected chi connectivity index (χ2v) is 3.64. The zero-order valence-electron chi connectivity index (χ0n) is 9.64. The Kier molecular flexibility index (Phi) is 2.82. The number of hydrogen-bond acceptors (Lipinski definition) is 5. The lowest BCUT2D eigenvalue weighted by molar-refractivity contribution is 0.409. The monoisotopic (exact) mass is 231 g/mol. The van der Waals surface area contributed by atoms with Crippen LogP contribution in [-0.2, 0) is 0 Å². The van der Waals surface area contributed by atoms with Gasteiger partial charge < -0.3 is 15.6 Å². The number of aromatic hydroxyl groups is 1. The van der Waals surface area contributed by atoms with E-state index in [-0.39, 0.29) is 5.75 Å². The van der Waals surface area contributed by atoms with E-state index in [4.69, 9.17) is 10.5 Å². The van der Waals surface area contributed by atoms with Crippen molar-refractivity contribution in [2.45, 2.75) is 6.92 Å². The van der Waals surface area contributed by atoms with E-state index in [2.05, 4.69) is 9.97 Å². The van der Waals surface area contributed by atoms with Gasteiger partial charge in [0.15, 0.2) is 0 Å². The van der Waals surface area contributed by atoms with E-state index in [1.165, 1.54) is 6.20 Å². The summed E-state index contributed by atoms with van der Waals surface area (Å²) in [4.78, 5) is 8.10. The molecule has 0 aliphatic carbocycles. The van der Waals surface area contributed by atoms with Gasteiger partial charge in [0.05, 0.1) is 19.0 Å². The fraction of sp³-hybridized carbons (Fsp3) is 0.167. The zero-order valence-corrected chi connectivity index (χ0v) is 9.64. The molecule has 0 atom stereocenters. The SMILES string of the molecule is COc1cc(-c2cncc(O)c2)c(N)nc1C. The van der Waals surface area contributed by atoms with Crippen molar-refractivity contribution in [1.29, 1.82) is 0 Å². The second-order valence-electron chi connectivity index (χ2n) is 3.64. The Morgan fingerprint density at radius 1 is 1.29 bits per heavy atom. The van der Waals surface area contributed by atoms with Crippen molar-refractivity contribution in [3.63, 3.8) is 0 Å². The fourth-order valence-corrected chi connectivity index (χ4v) is 1.62. The van der Waals surface area contributed by atoms with Crippen LogP contribution in [0.3, 0.4) is 0 Å². The van der Waals surface area contributed by atoms with Gasteiger partial charge in [-0.3, -0.25) is 4.98 Å². The first kappa shape index (κ1) is 11.2. The van der Waals surface area contributed by atoms with Crippen molar-refractivity contribution in [3.05, 3.63) is 30.2 Å². The summed E-state index contributed by atoms with van der Waals surface area (Å²) in [7, 11) is 1.57. The average Bonchev–Trinajstić information content (AvgIpc) is 2.29. The summed E-state index contributed by atoms with van der Waals surface area (Å²) in [6, 6.07) is 3.36. The number of nitrogens with zero attached hydrogens (tertiary/aromatic N) is 2. The molecule has 0 unspecified atom stereocenters. The number of rotatable bonds is 2. The van der Waals surface area contributed by atoms with Crippen LogP contribution >= 0.6 is 0 Å². The van der Waals surface area contributed by atoms with E-state index in [9.17, 15) is 5.11 Å². The van der Waals surface area contributed by atoms with E-state index < -0.39 is 0 Å². The minimum Gasteiger partial charge on any atom is -0.506 e. The maximum Gasteiger partial charge on any atom is 0.140 e. The van der Waals surface area contributed by atoms with Gasteiger partial charge in [0.2, 0.25) is 0 Å². The summed E-state index contributed by atoms with van der Waals surface area (Å²) in [6.45, 7) is 1.82. The summed E-state index contributed by atoms with van der Waals surface area (Å²) in [5.41, 5.74) is 7.97. The molecule has 0 spiro atoms. The van der Waals surface area contributed by atoms with Crippen LogP contribution in [0.15, 0.2) is 24.5 Å². The molecule has 2 aromatic heterocycles. The van der Waals surface area contributed by atoms with Gasteiger partial charge in [0, 0.05) is 17.3 Å². The molecule has 88 valence electrons. The van der Waals surface area contributed by atoms with Gasteiger partial charge in [-0.25, -0.2) is 4.98 Å². The molecule has 2 rings (SSSR count). The molecule has 0 saturated carbocycles. The summed E-state index contributed by atoms with van der Waals surface area (Å²) >= 11 is 0. The lowest BCUT2D eigenvalue weighted by Crippen LogP contribution is -1.99. The second kappa shape index (κ2) is 4.29. The molecular formula is C12H13N3O2.